The number of hydrogen-bond donors (Lipinski definition) is 1. The van der Waals surface area contributed by atoms with Crippen LogP contribution in [0.15, 0.2) is 5.38 Å². The number of carbonyl (C=O) groups excluding carboxylic acids is 1. The molecule has 1 atom stereocenters. The number of aromatic nitrogens is 1. The SMILES string of the molecule is CCN(CC)CCC[C@H](C)NC(=O)c1csc(COC)n1. The molecule has 0 radical (unpaired) electrons. The first-order valence-electron chi connectivity index (χ1n) is 7.57. The van der Waals surface area contributed by atoms with Crippen LogP contribution in [0.3, 0.4) is 0 Å². The third-order valence-electron chi connectivity index (χ3n) is 3.44. The molecular weight excluding hydrogens is 286 g/mol. The van der Waals surface area contributed by atoms with Crippen LogP contribution in [0.1, 0.15) is 49.1 Å². The summed E-state index contributed by atoms with van der Waals surface area (Å²) in [6.07, 6.45) is 2.08. The van der Waals surface area contributed by atoms with Gasteiger partial charge in [0.25, 0.3) is 5.91 Å². The molecule has 0 unspecified atom stereocenters. The summed E-state index contributed by atoms with van der Waals surface area (Å²) in [5.74, 6) is -0.0936. The number of nitrogens with one attached hydrogen (secondary N) is 1. The molecule has 6 heteroatoms. The number of rotatable bonds is 10. The molecule has 1 aromatic rings. The summed E-state index contributed by atoms with van der Waals surface area (Å²) in [5.41, 5.74) is 0.489. The second-order valence-corrected chi connectivity index (χ2v) is 6.05. The fraction of sp³-hybridized carbons (Fsp3) is 0.733. The lowest BCUT2D eigenvalue weighted by Crippen LogP contribution is -2.33. The van der Waals surface area contributed by atoms with Crippen LogP contribution in [-0.4, -0.2) is 48.6 Å². The quantitative estimate of drug-likeness (QED) is 0.721. The molecule has 0 aliphatic rings. The van der Waals surface area contributed by atoms with Crippen molar-refractivity contribution in [2.45, 2.75) is 46.3 Å². The van der Waals surface area contributed by atoms with Crippen LogP contribution < -0.4 is 5.32 Å². The van der Waals surface area contributed by atoms with Gasteiger partial charge in [-0.25, -0.2) is 4.98 Å². The van der Waals surface area contributed by atoms with E-state index in [-0.39, 0.29) is 11.9 Å². The Labute approximate surface area is 131 Å². The van der Waals surface area contributed by atoms with Gasteiger partial charge in [0.05, 0.1) is 6.61 Å². The molecule has 5 nitrogen and oxygen atoms in total. The Morgan fingerprint density at radius 3 is 2.81 bits per heavy atom. The minimum absolute atomic E-state index is 0.0936. The number of ether oxygens (including phenoxy) is 1. The maximum Gasteiger partial charge on any atom is 0.270 e. The largest absolute Gasteiger partial charge is 0.378 e. The fourth-order valence-electron chi connectivity index (χ4n) is 2.14. The summed E-state index contributed by atoms with van der Waals surface area (Å²) < 4.78 is 5.01. The predicted octanol–water partition coefficient (Wildman–Crippen LogP) is 2.53. The van der Waals surface area contributed by atoms with Gasteiger partial charge in [0.2, 0.25) is 0 Å². The summed E-state index contributed by atoms with van der Waals surface area (Å²) in [4.78, 5) is 18.7. The standard InChI is InChI=1S/C15H27N3O2S/c1-5-18(6-2)9-7-8-12(3)16-15(19)13-11-21-14(17-13)10-20-4/h11-12H,5-10H2,1-4H3,(H,16,19)/t12-/m0/s1. The minimum atomic E-state index is -0.0936. The molecule has 0 bridgehead atoms. The number of thiazole rings is 1. The van der Waals surface area contributed by atoms with E-state index in [0.29, 0.717) is 12.3 Å². The Hall–Kier alpha value is -0.980. The summed E-state index contributed by atoms with van der Waals surface area (Å²) >= 11 is 1.45. The minimum Gasteiger partial charge on any atom is -0.378 e. The molecule has 0 spiro atoms. The molecule has 0 aromatic carbocycles. The second-order valence-electron chi connectivity index (χ2n) is 5.10. The van der Waals surface area contributed by atoms with E-state index in [1.165, 1.54) is 11.3 Å². The van der Waals surface area contributed by atoms with E-state index in [4.69, 9.17) is 4.74 Å². The van der Waals surface area contributed by atoms with Crippen molar-refractivity contribution in [3.05, 3.63) is 16.1 Å². The molecule has 120 valence electrons. The molecule has 1 aromatic heterocycles. The molecule has 0 aliphatic heterocycles. The summed E-state index contributed by atoms with van der Waals surface area (Å²) in [7, 11) is 1.62. The number of hydrogen-bond acceptors (Lipinski definition) is 5. The van der Waals surface area contributed by atoms with Gasteiger partial charge in [0, 0.05) is 18.5 Å². The lowest BCUT2D eigenvalue weighted by atomic mass is 10.1. The zero-order chi connectivity index (χ0) is 15.7. The average molecular weight is 313 g/mol. The second kappa shape index (κ2) is 9.87. The molecule has 0 saturated heterocycles. The fourth-order valence-corrected chi connectivity index (χ4v) is 2.88. The molecule has 1 N–H and O–H groups in total. The zero-order valence-corrected chi connectivity index (χ0v) is 14.3. The van der Waals surface area contributed by atoms with E-state index in [1.807, 2.05) is 6.92 Å². The molecule has 0 aliphatic carbocycles. The van der Waals surface area contributed by atoms with Gasteiger partial charge in [-0.15, -0.1) is 11.3 Å². The van der Waals surface area contributed by atoms with Crippen LogP contribution in [0.25, 0.3) is 0 Å². The highest BCUT2D eigenvalue weighted by Gasteiger charge is 2.13. The van der Waals surface area contributed by atoms with Crippen LogP contribution in [0, 0.1) is 0 Å². The third-order valence-corrected chi connectivity index (χ3v) is 4.26. The Morgan fingerprint density at radius 1 is 1.48 bits per heavy atom. The zero-order valence-electron chi connectivity index (χ0n) is 13.5. The van der Waals surface area contributed by atoms with Crippen LogP contribution in [0.4, 0.5) is 0 Å². The summed E-state index contributed by atoms with van der Waals surface area (Å²) in [5, 5.41) is 5.62. The van der Waals surface area contributed by atoms with Crippen LogP contribution >= 0.6 is 11.3 Å². The molecule has 0 saturated carbocycles. The van der Waals surface area contributed by atoms with E-state index < -0.39 is 0 Å². The number of amides is 1. The Kier molecular flexibility index (Phi) is 8.49. The first-order chi connectivity index (χ1) is 10.1. The van der Waals surface area contributed by atoms with Crippen molar-refractivity contribution >= 4 is 17.2 Å². The lowest BCUT2D eigenvalue weighted by molar-refractivity contribution is 0.0932. The third kappa shape index (κ3) is 6.54. The Balaban J connectivity index is 2.32. The van der Waals surface area contributed by atoms with Crippen molar-refractivity contribution in [1.29, 1.82) is 0 Å². The first-order valence-corrected chi connectivity index (χ1v) is 8.45. The monoisotopic (exact) mass is 313 g/mol. The first kappa shape index (κ1) is 18.1. The van der Waals surface area contributed by atoms with E-state index in [0.717, 1.165) is 37.5 Å². The van der Waals surface area contributed by atoms with Crippen LogP contribution in [0.2, 0.25) is 0 Å². The van der Waals surface area contributed by atoms with Crippen LogP contribution in [-0.2, 0) is 11.3 Å². The maximum atomic E-state index is 12.1. The highest BCUT2D eigenvalue weighted by atomic mass is 32.1. The van der Waals surface area contributed by atoms with Gasteiger partial charge in [-0.2, -0.15) is 0 Å². The average Bonchev–Trinajstić information content (AvgIpc) is 2.93. The summed E-state index contributed by atoms with van der Waals surface area (Å²) in [6.45, 7) is 10.1. The van der Waals surface area contributed by atoms with Gasteiger partial charge >= 0.3 is 0 Å². The van der Waals surface area contributed by atoms with Crippen molar-refractivity contribution in [1.82, 2.24) is 15.2 Å². The molecule has 1 rings (SSSR count). The molecule has 0 fully saturated rings. The summed E-state index contributed by atoms with van der Waals surface area (Å²) in [6, 6.07) is 0.167. The number of carbonyl (C=O) groups is 1. The van der Waals surface area contributed by atoms with Gasteiger partial charge in [-0.1, -0.05) is 13.8 Å². The number of methoxy groups -OCH3 is 1. The van der Waals surface area contributed by atoms with Gasteiger partial charge in [0.1, 0.15) is 10.7 Å². The Morgan fingerprint density at radius 2 is 2.19 bits per heavy atom. The number of nitrogens with zero attached hydrogens (tertiary/aromatic N) is 2. The Bertz CT molecular complexity index is 419. The van der Waals surface area contributed by atoms with E-state index in [9.17, 15) is 4.79 Å². The molecule has 1 amide bonds. The van der Waals surface area contributed by atoms with Crippen molar-refractivity contribution in [3.8, 4) is 0 Å². The van der Waals surface area contributed by atoms with Gasteiger partial charge < -0.3 is 15.0 Å². The van der Waals surface area contributed by atoms with E-state index >= 15 is 0 Å². The van der Waals surface area contributed by atoms with Crippen molar-refractivity contribution in [3.63, 3.8) is 0 Å². The van der Waals surface area contributed by atoms with Crippen LogP contribution in [0.5, 0.6) is 0 Å². The van der Waals surface area contributed by atoms with Gasteiger partial charge in [-0.3, -0.25) is 4.79 Å². The van der Waals surface area contributed by atoms with Crippen molar-refractivity contribution in [2.75, 3.05) is 26.7 Å². The van der Waals surface area contributed by atoms with Gasteiger partial charge in [0.15, 0.2) is 0 Å². The normalized spacial score (nSPS) is 12.6. The smallest absolute Gasteiger partial charge is 0.270 e. The van der Waals surface area contributed by atoms with Crippen molar-refractivity contribution < 1.29 is 9.53 Å². The highest BCUT2D eigenvalue weighted by Crippen LogP contribution is 2.11. The molecule has 21 heavy (non-hydrogen) atoms. The van der Waals surface area contributed by atoms with Gasteiger partial charge in [-0.05, 0) is 39.4 Å². The van der Waals surface area contributed by atoms with E-state index in [1.54, 1.807) is 12.5 Å². The highest BCUT2D eigenvalue weighted by molar-refractivity contribution is 7.09. The van der Waals surface area contributed by atoms with E-state index in [2.05, 4.69) is 29.0 Å². The lowest BCUT2D eigenvalue weighted by Gasteiger charge is -2.19. The topological polar surface area (TPSA) is 54.5 Å². The van der Waals surface area contributed by atoms with Crippen molar-refractivity contribution in [2.24, 2.45) is 0 Å². The molecular formula is C15H27N3O2S. The maximum absolute atomic E-state index is 12.1. The molecule has 1 heterocycles. The predicted molar refractivity (Wildman–Crippen MR) is 86.8 cm³/mol.